The van der Waals surface area contributed by atoms with Crippen molar-refractivity contribution in [3.8, 4) is 11.8 Å². The molecule has 1 fully saturated rings. The molecule has 0 N–H and O–H groups in total. The largest absolute Gasteiger partial charge is 0.374 e. The minimum Gasteiger partial charge on any atom is -0.374 e. The van der Waals surface area contributed by atoms with Crippen molar-refractivity contribution in [1.29, 1.82) is 0 Å². The maximum Gasteiger partial charge on any atom is 0.227 e. The highest BCUT2D eigenvalue weighted by molar-refractivity contribution is 5.81. The van der Waals surface area contributed by atoms with E-state index in [4.69, 9.17) is 4.74 Å². The van der Waals surface area contributed by atoms with Crippen LogP contribution in [0.2, 0.25) is 0 Å². The number of carbonyl (C=O) groups excluding carboxylic acids is 1. The summed E-state index contributed by atoms with van der Waals surface area (Å²) in [6.45, 7) is 13.9. The molecule has 4 heteroatoms. The van der Waals surface area contributed by atoms with E-state index in [9.17, 15) is 4.79 Å². The van der Waals surface area contributed by atoms with Crippen molar-refractivity contribution in [1.82, 2.24) is 9.80 Å². The van der Waals surface area contributed by atoms with Gasteiger partial charge in [-0.1, -0.05) is 46.5 Å². The van der Waals surface area contributed by atoms with E-state index in [1.165, 1.54) is 0 Å². The molecule has 120 valence electrons. The molecule has 0 unspecified atom stereocenters. The normalized spacial score (nSPS) is 20.0. The van der Waals surface area contributed by atoms with Crippen LogP contribution in [0.1, 0.15) is 34.6 Å². The number of rotatable bonds is 3. The Kier molecular flexibility index (Phi) is 6.70. The average molecular weight is 294 g/mol. The molecule has 0 aromatic rings. The van der Waals surface area contributed by atoms with Gasteiger partial charge in [-0.2, -0.15) is 0 Å². The lowest BCUT2D eigenvalue weighted by Crippen LogP contribution is -2.49. The van der Waals surface area contributed by atoms with Gasteiger partial charge in [0.05, 0.1) is 19.3 Å². The minimum absolute atomic E-state index is 0.0795. The maximum absolute atomic E-state index is 12.2. The van der Waals surface area contributed by atoms with Crippen molar-refractivity contribution < 1.29 is 9.53 Å². The molecular weight excluding hydrogens is 264 g/mol. The summed E-state index contributed by atoms with van der Waals surface area (Å²) in [7, 11) is 1.86. The van der Waals surface area contributed by atoms with Gasteiger partial charge in [0.25, 0.3) is 0 Å². The minimum atomic E-state index is -0.341. The van der Waals surface area contributed by atoms with Crippen molar-refractivity contribution in [3.05, 3.63) is 0 Å². The summed E-state index contributed by atoms with van der Waals surface area (Å²) in [6.07, 6.45) is 0.0795. The van der Waals surface area contributed by atoms with Crippen LogP contribution >= 0.6 is 0 Å². The first-order valence-electron chi connectivity index (χ1n) is 7.78. The molecular formula is C17H30N2O2. The van der Waals surface area contributed by atoms with Crippen LogP contribution in [0, 0.1) is 23.2 Å². The Hall–Kier alpha value is -1.05. The van der Waals surface area contributed by atoms with Crippen LogP contribution in [0.5, 0.6) is 0 Å². The highest BCUT2D eigenvalue weighted by Crippen LogP contribution is 2.17. The zero-order chi connectivity index (χ0) is 16.0. The first-order valence-corrected chi connectivity index (χ1v) is 7.78. The predicted octanol–water partition coefficient (Wildman–Crippen LogP) is 1.85. The highest BCUT2D eigenvalue weighted by atomic mass is 16.5. The standard InChI is InChI=1S/C17H30N2O2/c1-14(2)8-7-9-19-10-11-21-15(13-19)12-18(6)16(20)17(3,4)5/h14-15H,9-13H2,1-6H3/t15-/m0/s1. The molecule has 1 saturated heterocycles. The number of hydrogen-bond acceptors (Lipinski definition) is 3. The number of carbonyl (C=O) groups is 1. The molecule has 1 heterocycles. The van der Waals surface area contributed by atoms with E-state index >= 15 is 0 Å². The Labute approximate surface area is 129 Å². The second kappa shape index (κ2) is 7.82. The zero-order valence-corrected chi connectivity index (χ0v) is 14.4. The van der Waals surface area contributed by atoms with Crippen molar-refractivity contribution >= 4 is 5.91 Å². The molecule has 1 amide bonds. The first-order chi connectivity index (χ1) is 9.70. The predicted molar refractivity (Wildman–Crippen MR) is 85.9 cm³/mol. The molecule has 0 radical (unpaired) electrons. The van der Waals surface area contributed by atoms with Gasteiger partial charge in [0.2, 0.25) is 5.91 Å². The van der Waals surface area contributed by atoms with Gasteiger partial charge in [-0.25, -0.2) is 0 Å². The lowest BCUT2D eigenvalue weighted by molar-refractivity contribution is -0.141. The molecule has 4 nitrogen and oxygen atoms in total. The Morgan fingerprint density at radius 3 is 2.67 bits per heavy atom. The summed E-state index contributed by atoms with van der Waals surface area (Å²) in [4.78, 5) is 16.3. The van der Waals surface area contributed by atoms with Gasteiger partial charge in [0, 0.05) is 38.0 Å². The van der Waals surface area contributed by atoms with Gasteiger partial charge in [-0.05, 0) is 0 Å². The van der Waals surface area contributed by atoms with E-state index in [1.807, 2.05) is 27.8 Å². The van der Waals surface area contributed by atoms with Crippen molar-refractivity contribution in [2.45, 2.75) is 40.7 Å². The fourth-order valence-electron chi connectivity index (χ4n) is 2.36. The quantitative estimate of drug-likeness (QED) is 0.745. The topological polar surface area (TPSA) is 32.8 Å². The summed E-state index contributed by atoms with van der Waals surface area (Å²) in [6, 6.07) is 0. The molecule has 21 heavy (non-hydrogen) atoms. The molecule has 0 aliphatic carbocycles. The molecule has 0 bridgehead atoms. The number of nitrogens with zero attached hydrogens (tertiary/aromatic N) is 2. The summed E-state index contributed by atoms with van der Waals surface area (Å²) in [5, 5.41) is 0. The van der Waals surface area contributed by atoms with Crippen LogP contribution in [0.3, 0.4) is 0 Å². The SMILES string of the molecule is CC(C)C#CCN1CCO[C@@H](CN(C)C(=O)C(C)(C)C)C1. The zero-order valence-electron chi connectivity index (χ0n) is 14.4. The third-order valence-electron chi connectivity index (χ3n) is 3.38. The van der Waals surface area contributed by atoms with E-state index in [0.29, 0.717) is 19.1 Å². The van der Waals surface area contributed by atoms with Crippen LogP contribution in [-0.4, -0.2) is 61.6 Å². The Morgan fingerprint density at radius 1 is 1.43 bits per heavy atom. The van der Waals surface area contributed by atoms with Gasteiger partial charge in [0.15, 0.2) is 0 Å². The van der Waals surface area contributed by atoms with E-state index in [-0.39, 0.29) is 17.4 Å². The molecule has 0 aromatic heterocycles. The molecule has 1 aliphatic rings. The molecule has 1 aliphatic heterocycles. The highest BCUT2D eigenvalue weighted by Gasteiger charge is 2.28. The summed E-state index contributed by atoms with van der Waals surface area (Å²) < 4.78 is 5.79. The number of likely N-dealkylation sites (N-methyl/N-ethyl adjacent to an activating group) is 1. The molecule has 0 aromatic carbocycles. The smallest absolute Gasteiger partial charge is 0.227 e. The Morgan fingerprint density at radius 2 is 2.10 bits per heavy atom. The van der Waals surface area contributed by atoms with E-state index in [1.54, 1.807) is 4.90 Å². The monoisotopic (exact) mass is 294 g/mol. The van der Waals surface area contributed by atoms with Crippen molar-refractivity contribution in [2.75, 3.05) is 39.8 Å². The van der Waals surface area contributed by atoms with Gasteiger partial charge in [-0.15, -0.1) is 0 Å². The summed E-state index contributed by atoms with van der Waals surface area (Å²) in [5.41, 5.74) is -0.341. The van der Waals surface area contributed by atoms with Gasteiger partial charge >= 0.3 is 0 Å². The van der Waals surface area contributed by atoms with Crippen LogP contribution in [0.25, 0.3) is 0 Å². The molecule has 0 spiro atoms. The fourth-order valence-corrected chi connectivity index (χ4v) is 2.36. The Bertz CT molecular complexity index is 401. The molecule has 0 saturated carbocycles. The molecule has 1 rings (SSSR count). The van der Waals surface area contributed by atoms with Gasteiger partial charge < -0.3 is 9.64 Å². The van der Waals surface area contributed by atoms with Gasteiger partial charge in [0.1, 0.15) is 0 Å². The van der Waals surface area contributed by atoms with E-state index < -0.39 is 0 Å². The fraction of sp³-hybridized carbons (Fsp3) is 0.824. The lowest BCUT2D eigenvalue weighted by Gasteiger charge is -2.35. The number of hydrogen-bond donors (Lipinski definition) is 0. The number of amides is 1. The van der Waals surface area contributed by atoms with Gasteiger partial charge in [-0.3, -0.25) is 9.69 Å². The van der Waals surface area contributed by atoms with Crippen molar-refractivity contribution in [3.63, 3.8) is 0 Å². The molecule has 1 atom stereocenters. The van der Waals surface area contributed by atoms with Crippen LogP contribution in [0.15, 0.2) is 0 Å². The maximum atomic E-state index is 12.2. The van der Waals surface area contributed by atoms with Crippen LogP contribution in [0.4, 0.5) is 0 Å². The van der Waals surface area contributed by atoms with E-state index in [0.717, 1.165) is 19.6 Å². The second-order valence-electron chi connectivity index (χ2n) is 7.14. The first kappa shape index (κ1) is 18.0. The lowest BCUT2D eigenvalue weighted by atomic mass is 9.95. The van der Waals surface area contributed by atoms with Crippen LogP contribution in [-0.2, 0) is 9.53 Å². The number of morpholine rings is 1. The summed E-state index contributed by atoms with van der Waals surface area (Å²) >= 11 is 0. The van der Waals surface area contributed by atoms with Crippen molar-refractivity contribution in [2.24, 2.45) is 11.3 Å². The van der Waals surface area contributed by atoms with E-state index in [2.05, 4.69) is 30.6 Å². The second-order valence-corrected chi connectivity index (χ2v) is 7.14. The third kappa shape index (κ3) is 6.50. The van der Waals surface area contributed by atoms with Crippen LogP contribution < -0.4 is 0 Å². The average Bonchev–Trinajstić information content (AvgIpc) is 2.36. The number of ether oxygens (including phenoxy) is 1. The third-order valence-corrected chi connectivity index (χ3v) is 3.38. The summed E-state index contributed by atoms with van der Waals surface area (Å²) in [5.74, 6) is 6.97. The Balaban J connectivity index is 2.46.